The standard InChI is InChI=1S/C15H19N3OS/c1-5-16-13-9-14(18-15(17-13)20-4)19-12-7-6-10(2)8-11(12)3/h6-9H,5H2,1-4H3,(H,16,17,18). The molecule has 2 rings (SSSR count). The molecule has 1 N–H and O–H groups in total. The predicted octanol–water partition coefficient (Wildman–Crippen LogP) is 4.04. The van der Waals surface area contributed by atoms with Gasteiger partial charge in [-0.05, 0) is 38.7 Å². The molecule has 0 fully saturated rings. The van der Waals surface area contributed by atoms with E-state index >= 15 is 0 Å². The van der Waals surface area contributed by atoms with Gasteiger partial charge in [-0.25, -0.2) is 4.98 Å². The van der Waals surface area contributed by atoms with E-state index in [0.29, 0.717) is 11.0 Å². The number of nitrogens with zero attached hydrogens (tertiary/aromatic N) is 2. The van der Waals surface area contributed by atoms with Crippen LogP contribution in [0.1, 0.15) is 18.1 Å². The van der Waals surface area contributed by atoms with Crippen LogP contribution < -0.4 is 10.1 Å². The molecule has 4 nitrogen and oxygen atoms in total. The van der Waals surface area contributed by atoms with Crippen molar-refractivity contribution in [2.24, 2.45) is 0 Å². The first-order chi connectivity index (χ1) is 9.62. The van der Waals surface area contributed by atoms with E-state index in [-0.39, 0.29) is 0 Å². The molecular formula is C15H19N3OS. The minimum atomic E-state index is 0.562. The smallest absolute Gasteiger partial charge is 0.225 e. The maximum absolute atomic E-state index is 5.89. The van der Waals surface area contributed by atoms with Gasteiger partial charge in [0.15, 0.2) is 5.16 Å². The number of ether oxygens (including phenoxy) is 1. The quantitative estimate of drug-likeness (QED) is 0.665. The molecular weight excluding hydrogens is 270 g/mol. The number of nitrogens with one attached hydrogen (secondary N) is 1. The van der Waals surface area contributed by atoms with Crippen LogP contribution >= 0.6 is 11.8 Å². The fourth-order valence-corrected chi connectivity index (χ4v) is 2.22. The zero-order valence-corrected chi connectivity index (χ0v) is 13.0. The van der Waals surface area contributed by atoms with Crippen LogP contribution in [-0.4, -0.2) is 22.8 Å². The topological polar surface area (TPSA) is 47.0 Å². The number of aryl methyl sites for hydroxylation is 2. The molecule has 0 amide bonds. The zero-order chi connectivity index (χ0) is 14.5. The number of rotatable bonds is 5. The first kappa shape index (κ1) is 14.7. The first-order valence-electron chi connectivity index (χ1n) is 6.54. The van der Waals surface area contributed by atoms with Crippen molar-refractivity contribution < 1.29 is 4.74 Å². The zero-order valence-electron chi connectivity index (χ0n) is 12.2. The van der Waals surface area contributed by atoms with Crippen LogP contribution in [-0.2, 0) is 0 Å². The van der Waals surface area contributed by atoms with Gasteiger partial charge < -0.3 is 10.1 Å². The summed E-state index contributed by atoms with van der Waals surface area (Å²) in [5, 5.41) is 3.89. The van der Waals surface area contributed by atoms with Crippen LogP contribution in [0.15, 0.2) is 29.4 Å². The molecule has 5 heteroatoms. The summed E-state index contributed by atoms with van der Waals surface area (Å²) in [4.78, 5) is 8.76. The van der Waals surface area contributed by atoms with Gasteiger partial charge in [0.1, 0.15) is 11.6 Å². The summed E-state index contributed by atoms with van der Waals surface area (Å²) < 4.78 is 5.89. The van der Waals surface area contributed by atoms with Gasteiger partial charge in [0.25, 0.3) is 0 Å². The minimum absolute atomic E-state index is 0.562. The lowest BCUT2D eigenvalue weighted by molar-refractivity contribution is 0.452. The molecule has 0 saturated heterocycles. The normalized spacial score (nSPS) is 10.4. The first-order valence-corrected chi connectivity index (χ1v) is 7.77. The van der Waals surface area contributed by atoms with E-state index in [0.717, 1.165) is 23.7 Å². The van der Waals surface area contributed by atoms with Gasteiger partial charge in [-0.15, -0.1) is 0 Å². The summed E-state index contributed by atoms with van der Waals surface area (Å²) in [5.74, 6) is 2.17. The molecule has 0 radical (unpaired) electrons. The van der Waals surface area contributed by atoms with Gasteiger partial charge in [-0.2, -0.15) is 4.98 Å². The van der Waals surface area contributed by atoms with Crippen LogP contribution in [0.25, 0.3) is 0 Å². The van der Waals surface area contributed by atoms with Crippen molar-refractivity contribution in [2.75, 3.05) is 18.1 Å². The van der Waals surface area contributed by atoms with Crippen LogP contribution in [0.3, 0.4) is 0 Å². The Labute approximate surface area is 124 Å². The number of benzene rings is 1. The maximum atomic E-state index is 5.89. The van der Waals surface area contributed by atoms with E-state index in [2.05, 4.69) is 28.3 Å². The Balaban J connectivity index is 2.29. The van der Waals surface area contributed by atoms with Crippen LogP contribution in [0.2, 0.25) is 0 Å². The van der Waals surface area contributed by atoms with Crippen LogP contribution in [0.5, 0.6) is 11.6 Å². The minimum Gasteiger partial charge on any atom is -0.439 e. The average Bonchev–Trinajstić information content (AvgIpc) is 2.42. The molecule has 1 aromatic heterocycles. The largest absolute Gasteiger partial charge is 0.439 e. The molecule has 0 aliphatic heterocycles. The Morgan fingerprint density at radius 3 is 2.65 bits per heavy atom. The highest BCUT2D eigenvalue weighted by Crippen LogP contribution is 2.27. The number of thioether (sulfide) groups is 1. The van der Waals surface area contributed by atoms with Gasteiger partial charge in [0.2, 0.25) is 5.88 Å². The third kappa shape index (κ3) is 3.63. The Morgan fingerprint density at radius 2 is 2.00 bits per heavy atom. The molecule has 1 aromatic carbocycles. The highest BCUT2D eigenvalue weighted by molar-refractivity contribution is 7.98. The number of anilines is 1. The van der Waals surface area contributed by atoms with Crippen molar-refractivity contribution in [2.45, 2.75) is 25.9 Å². The van der Waals surface area contributed by atoms with Gasteiger partial charge in [-0.3, -0.25) is 0 Å². The SMILES string of the molecule is CCNc1cc(Oc2ccc(C)cc2C)nc(SC)n1. The van der Waals surface area contributed by atoms with E-state index in [1.807, 2.05) is 38.3 Å². The molecule has 0 aliphatic rings. The molecule has 0 saturated carbocycles. The highest BCUT2D eigenvalue weighted by atomic mass is 32.2. The molecule has 2 aromatic rings. The van der Waals surface area contributed by atoms with Crippen LogP contribution in [0.4, 0.5) is 5.82 Å². The van der Waals surface area contributed by atoms with Crippen molar-refractivity contribution in [3.63, 3.8) is 0 Å². The second-order valence-corrected chi connectivity index (χ2v) is 5.25. The molecule has 0 aliphatic carbocycles. The lowest BCUT2D eigenvalue weighted by Gasteiger charge is -2.11. The molecule has 0 atom stereocenters. The fraction of sp³-hybridized carbons (Fsp3) is 0.333. The van der Waals surface area contributed by atoms with Crippen molar-refractivity contribution >= 4 is 17.6 Å². The summed E-state index contributed by atoms with van der Waals surface area (Å²) in [6, 6.07) is 7.92. The second kappa shape index (κ2) is 6.61. The lowest BCUT2D eigenvalue weighted by Crippen LogP contribution is -2.02. The molecule has 0 unspecified atom stereocenters. The number of hydrogen-bond acceptors (Lipinski definition) is 5. The summed E-state index contributed by atoms with van der Waals surface area (Å²) >= 11 is 1.50. The Morgan fingerprint density at radius 1 is 1.20 bits per heavy atom. The summed E-state index contributed by atoms with van der Waals surface area (Å²) in [6.45, 7) is 6.94. The Bertz CT molecular complexity index is 602. The third-order valence-electron chi connectivity index (χ3n) is 2.77. The maximum Gasteiger partial charge on any atom is 0.225 e. The molecule has 20 heavy (non-hydrogen) atoms. The lowest BCUT2D eigenvalue weighted by atomic mass is 10.1. The van der Waals surface area contributed by atoms with Crippen molar-refractivity contribution in [1.29, 1.82) is 0 Å². The van der Waals surface area contributed by atoms with E-state index in [4.69, 9.17) is 4.74 Å². The van der Waals surface area contributed by atoms with E-state index < -0.39 is 0 Å². The number of hydrogen-bond donors (Lipinski definition) is 1. The van der Waals surface area contributed by atoms with Crippen molar-refractivity contribution in [3.8, 4) is 11.6 Å². The van der Waals surface area contributed by atoms with Gasteiger partial charge in [0.05, 0.1) is 0 Å². The van der Waals surface area contributed by atoms with Crippen molar-refractivity contribution in [1.82, 2.24) is 9.97 Å². The summed E-state index contributed by atoms with van der Waals surface area (Å²) in [7, 11) is 0. The second-order valence-electron chi connectivity index (χ2n) is 4.48. The van der Waals surface area contributed by atoms with E-state index in [9.17, 15) is 0 Å². The van der Waals surface area contributed by atoms with E-state index in [1.165, 1.54) is 17.3 Å². The monoisotopic (exact) mass is 289 g/mol. The Kier molecular flexibility index (Phi) is 4.84. The molecule has 106 valence electrons. The summed E-state index contributed by atoms with van der Waals surface area (Å²) in [5.41, 5.74) is 2.31. The Hall–Kier alpha value is -1.75. The van der Waals surface area contributed by atoms with Crippen LogP contribution in [0, 0.1) is 13.8 Å². The molecule has 0 spiro atoms. The van der Waals surface area contributed by atoms with E-state index in [1.54, 1.807) is 0 Å². The number of aromatic nitrogens is 2. The highest BCUT2D eigenvalue weighted by Gasteiger charge is 2.07. The van der Waals surface area contributed by atoms with Gasteiger partial charge in [0, 0.05) is 12.6 Å². The average molecular weight is 289 g/mol. The van der Waals surface area contributed by atoms with Gasteiger partial charge >= 0.3 is 0 Å². The molecule has 1 heterocycles. The predicted molar refractivity (Wildman–Crippen MR) is 84.0 cm³/mol. The summed E-state index contributed by atoms with van der Waals surface area (Å²) in [6.07, 6.45) is 1.95. The fourth-order valence-electron chi connectivity index (χ4n) is 1.85. The van der Waals surface area contributed by atoms with Crippen molar-refractivity contribution in [3.05, 3.63) is 35.4 Å². The van der Waals surface area contributed by atoms with Gasteiger partial charge in [-0.1, -0.05) is 29.5 Å². The molecule has 0 bridgehead atoms. The third-order valence-corrected chi connectivity index (χ3v) is 3.32.